The minimum Gasteiger partial charge on any atom is -0.496 e. The molecule has 6 heteroatoms. The number of halogens is 1. The standard InChI is InChI=1S/C11H14ClNO4/c1-5-4-6(16-2)7(9(13)11(14)15)8(12)10(5)17-3/h4,9H,13H2,1-3H3,(H,14,15). The van der Waals surface area contributed by atoms with Gasteiger partial charge in [0.15, 0.2) is 0 Å². The first-order valence-electron chi connectivity index (χ1n) is 4.83. The molecule has 0 radical (unpaired) electrons. The highest BCUT2D eigenvalue weighted by Gasteiger charge is 2.25. The SMILES string of the molecule is COc1cc(C)c(OC)c(Cl)c1C(N)C(=O)O. The average Bonchev–Trinajstić information content (AvgIpc) is 2.27. The minimum absolute atomic E-state index is 0.166. The lowest BCUT2D eigenvalue weighted by molar-refractivity contribution is -0.138. The summed E-state index contributed by atoms with van der Waals surface area (Å²) in [6.07, 6.45) is 0. The van der Waals surface area contributed by atoms with Gasteiger partial charge in [-0.25, -0.2) is 0 Å². The number of carboxylic acid groups (broad SMARTS) is 1. The molecule has 0 aliphatic carbocycles. The quantitative estimate of drug-likeness (QED) is 0.861. The maximum absolute atomic E-state index is 10.9. The number of aryl methyl sites for hydroxylation is 1. The monoisotopic (exact) mass is 259 g/mol. The molecule has 5 nitrogen and oxygen atoms in total. The third kappa shape index (κ3) is 2.45. The first kappa shape index (κ1) is 13.6. The van der Waals surface area contributed by atoms with Crippen molar-refractivity contribution in [2.45, 2.75) is 13.0 Å². The highest BCUT2D eigenvalue weighted by molar-refractivity contribution is 6.33. The molecule has 0 spiro atoms. The number of methoxy groups -OCH3 is 2. The number of hydrogen-bond acceptors (Lipinski definition) is 4. The Balaban J connectivity index is 3.50. The van der Waals surface area contributed by atoms with Gasteiger partial charge in [0.2, 0.25) is 0 Å². The van der Waals surface area contributed by atoms with Crippen molar-refractivity contribution in [3.8, 4) is 11.5 Å². The van der Waals surface area contributed by atoms with Crippen molar-refractivity contribution in [2.24, 2.45) is 5.73 Å². The molecule has 1 rings (SSSR count). The molecule has 1 aromatic carbocycles. The van der Waals surface area contributed by atoms with E-state index in [2.05, 4.69) is 0 Å². The summed E-state index contributed by atoms with van der Waals surface area (Å²) in [5.41, 5.74) is 6.53. The molecule has 0 heterocycles. The van der Waals surface area contributed by atoms with Gasteiger partial charge >= 0.3 is 5.97 Å². The van der Waals surface area contributed by atoms with E-state index in [1.165, 1.54) is 14.2 Å². The van der Waals surface area contributed by atoms with Gasteiger partial charge in [0.05, 0.1) is 19.2 Å². The summed E-state index contributed by atoms with van der Waals surface area (Å²) in [6.45, 7) is 1.78. The summed E-state index contributed by atoms with van der Waals surface area (Å²) in [5.74, 6) is -0.446. The summed E-state index contributed by atoms with van der Waals surface area (Å²) < 4.78 is 10.2. The zero-order chi connectivity index (χ0) is 13.2. The number of aliphatic carboxylic acids is 1. The van der Waals surface area contributed by atoms with Crippen LogP contribution in [0, 0.1) is 6.92 Å². The van der Waals surface area contributed by atoms with Crippen LogP contribution in [0.2, 0.25) is 5.02 Å². The third-order valence-corrected chi connectivity index (χ3v) is 2.78. The molecule has 0 aliphatic heterocycles. The summed E-state index contributed by atoms with van der Waals surface area (Å²) in [6, 6.07) is 0.384. The molecule has 0 aliphatic rings. The lowest BCUT2D eigenvalue weighted by Gasteiger charge is -2.18. The predicted octanol–water partition coefficient (Wildman–Crippen LogP) is 1.75. The van der Waals surface area contributed by atoms with Crippen molar-refractivity contribution in [3.05, 3.63) is 22.2 Å². The summed E-state index contributed by atoms with van der Waals surface area (Å²) in [5, 5.41) is 9.10. The van der Waals surface area contributed by atoms with Crippen molar-refractivity contribution in [1.82, 2.24) is 0 Å². The van der Waals surface area contributed by atoms with Crippen molar-refractivity contribution in [3.63, 3.8) is 0 Å². The van der Waals surface area contributed by atoms with Crippen LogP contribution in [0.15, 0.2) is 6.07 Å². The van der Waals surface area contributed by atoms with Gasteiger partial charge in [-0.15, -0.1) is 0 Å². The number of carboxylic acids is 1. The van der Waals surface area contributed by atoms with E-state index in [0.717, 1.165) is 5.56 Å². The zero-order valence-electron chi connectivity index (χ0n) is 9.78. The van der Waals surface area contributed by atoms with Gasteiger partial charge in [-0.05, 0) is 18.6 Å². The van der Waals surface area contributed by atoms with Crippen LogP contribution in [0.25, 0.3) is 0 Å². The highest BCUT2D eigenvalue weighted by Crippen LogP contribution is 2.40. The van der Waals surface area contributed by atoms with Crippen LogP contribution in [-0.2, 0) is 4.79 Å². The topological polar surface area (TPSA) is 81.8 Å². The third-order valence-electron chi connectivity index (χ3n) is 2.41. The molecule has 1 aromatic rings. The van der Waals surface area contributed by atoms with Gasteiger partial charge in [0.25, 0.3) is 0 Å². The molecule has 0 aromatic heterocycles. The molecule has 0 amide bonds. The van der Waals surface area contributed by atoms with Gasteiger partial charge in [-0.2, -0.15) is 0 Å². The number of nitrogens with two attached hydrogens (primary N) is 1. The van der Waals surface area contributed by atoms with Crippen LogP contribution in [0.4, 0.5) is 0 Å². The molecule has 1 unspecified atom stereocenters. The first-order chi connectivity index (χ1) is 7.93. The lowest BCUT2D eigenvalue weighted by Crippen LogP contribution is -2.22. The average molecular weight is 260 g/mol. The Morgan fingerprint density at radius 3 is 2.47 bits per heavy atom. The maximum atomic E-state index is 10.9. The number of hydrogen-bond donors (Lipinski definition) is 2. The Morgan fingerprint density at radius 2 is 2.06 bits per heavy atom. The molecule has 1 atom stereocenters. The maximum Gasteiger partial charge on any atom is 0.325 e. The van der Waals surface area contributed by atoms with E-state index < -0.39 is 12.0 Å². The van der Waals surface area contributed by atoms with Crippen LogP contribution >= 0.6 is 11.6 Å². The Labute approximate surface area is 104 Å². The Morgan fingerprint density at radius 1 is 1.47 bits per heavy atom. The second-order valence-electron chi connectivity index (χ2n) is 3.47. The Bertz CT molecular complexity index is 448. The minimum atomic E-state index is -1.26. The molecule has 17 heavy (non-hydrogen) atoms. The van der Waals surface area contributed by atoms with E-state index in [9.17, 15) is 4.79 Å². The van der Waals surface area contributed by atoms with E-state index in [4.69, 9.17) is 31.9 Å². The molecular formula is C11H14ClNO4. The molecule has 0 bridgehead atoms. The smallest absolute Gasteiger partial charge is 0.325 e. The predicted molar refractivity (Wildman–Crippen MR) is 63.9 cm³/mol. The van der Waals surface area contributed by atoms with Crippen LogP contribution in [-0.4, -0.2) is 25.3 Å². The fourth-order valence-electron chi connectivity index (χ4n) is 1.58. The molecule has 3 N–H and O–H groups in total. The van der Waals surface area contributed by atoms with E-state index >= 15 is 0 Å². The van der Waals surface area contributed by atoms with E-state index in [-0.39, 0.29) is 10.6 Å². The van der Waals surface area contributed by atoms with Crippen LogP contribution < -0.4 is 15.2 Å². The van der Waals surface area contributed by atoms with E-state index in [0.29, 0.717) is 11.5 Å². The highest BCUT2D eigenvalue weighted by atomic mass is 35.5. The molecule has 94 valence electrons. The fraction of sp³-hybridized carbons (Fsp3) is 0.364. The fourth-order valence-corrected chi connectivity index (χ4v) is 2.01. The Kier molecular flexibility index (Phi) is 4.20. The van der Waals surface area contributed by atoms with Crippen LogP contribution in [0.3, 0.4) is 0 Å². The van der Waals surface area contributed by atoms with Crippen LogP contribution in [0.5, 0.6) is 11.5 Å². The molecular weight excluding hydrogens is 246 g/mol. The normalized spacial score (nSPS) is 12.1. The number of rotatable bonds is 4. The lowest BCUT2D eigenvalue weighted by atomic mass is 10.0. The van der Waals surface area contributed by atoms with Gasteiger partial charge in [-0.3, -0.25) is 4.79 Å². The van der Waals surface area contributed by atoms with Crippen molar-refractivity contribution < 1.29 is 19.4 Å². The number of benzene rings is 1. The number of carbonyl (C=O) groups is 1. The second-order valence-corrected chi connectivity index (χ2v) is 3.85. The molecule has 0 saturated carbocycles. The van der Waals surface area contributed by atoms with Crippen molar-refractivity contribution in [2.75, 3.05) is 14.2 Å². The van der Waals surface area contributed by atoms with Crippen molar-refractivity contribution >= 4 is 17.6 Å². The summed E-state index contributed by atoms with van der Waals surface area (Å²) >= 11 is 6.09. The van der Waals surface area contributed by atoms with Crippen molar-refractivity contribution in [1.29, 1.82) is 0 Å². The van der Waals surface area contributed by atoms with Gasteiger partial charge in [0, 0.05) is 5.56 Å². The first-order valence-corrected chi connectivity index (χ1v) is 5.21. The van der Waals surface area contributed by atoms with E-state index in [1.807, 2.05) is 0 Å². The van der Waals surface area contributed by atoms with Gasteiger partial charge < -0.3 is 20.3 Å². The number of ether oxygens (including phenoxy) is 2. The van der Waals surface area contributed by atoms with Gasteiger partial charge in [-0.1, -0.05) is 11.6 Å². The summed E-state index contributed by atoms with van der Waals surface area (Å²) in [4.78, 5) is 10.9. The molecule has 0 saturated heterocycles. The second kappa shape index (κ2) is 5.25. The Hall–Kier alpha value is -1.46. The van der Waals surface area contributed by atoms with Crippen LogP contribution in [0.1, 0.15) is 17.2 Å². The largest absolute Gasteiger partial charge is 0.496 e. The van der Waals surface area contributed by atoms with Gasteiger partial charge in [0.1, 0.15) is 17.5 Å². The van der Waals surface area contributed by atoms with E-state index in [1.54, 1.807) is 13.0 Å². The summed E-state index contributed by atoms with van der Waals surface area (Å²) in [7, 11) is 2.88. The zero-order valence-corrected chi connectivity index (χ0v) is 10.5. The molecule has 0 fully saturated rings.